The molecule has 0 amide bonds. The molecule has 1 heterocycles. The van der Waals surface area contributed by atoms with Crippen LogP contribution in [0.15, 0.2) is 26.8 Å². The van der Waals surface area contributed by atoms with Crippen molar-refractivity contribution >= 4 is 10.1 Å². The molecule has 9 heteroatoms. The number of nitrogens with one attached hydrogen (secondary N) is 2. The summed E-state index contributed by atoms with van der Waals surface area (Å²) in [6.07, 6.45) is 2.32. The van der Waals surface area contributed by atoms with Gasteiger partial charge in [0.05, 0.1) is 4.91 Å². The van der Waals surface area contributed by atoms with Gasteiger partial charge in [-0.05, 0) is 13.8 Å². The molecule has 8 nitrogen and oxygen atoms in total. The maximum Gasteiger partial charge on any atom is 0.342 e. The summed E-state index contributed by atoms with van der Waals surface area (Å²) in [5.74, 6) is 0. The molecule has 0 aliphatic rings. The van der Waals surface area contributed by atoms with Crippen LogP contribution in [0.3, 0.4) is 0 Å². The van der Waals surface area contributed by atoms with Gasteiger partial charge in [-0.3, -0.25) is 14.3 Å². The van der Waals surface area contributed by atoms with Crippen LogP contribution in [0.5, 0.6) is 0 Å². The fourth-order valence-corrected chi connectivity index (χ4v) is 0.768. The third-order valence-electron chi connectivity index (χ3n) is 1.40. The van der Waals surface area contributed by atoms with E-state index < -0.39 is 21.4 Å². The third kappa shape index (κ3) is 5.88. The molecule has 0 atom stereocenters. The maximum atomic E-state index is 10.2. The van der Waals surface area contributed by atoms with Gasteiger partial charge in [0.2, 0.25) is 0 Å². The highest BCUT2D eigenvalue weighted by Gasteiger charge is 2.03. The third-order valence-corrected chi connectivity index (χ3v) is 2.45. The van der Waals surface area contributed by atoms with Gasteiger partial charge in [-0.15, -0.1) is 0 Å². The lowest BCUT2D eigenvalue weighted by atomic mass is 10.6. The highest BCUT2D eigenvalue weighted by molar-refractivity contribution is 7.89. The molecule has 16 heavy (non-hydrogen) atoms. The largest absolute Gasteiger partial charge is 0.342 e. The van der Waals surface area contributed by atoms with Crippen molar-refractivity contribution in [2.45, 2.75) is 13.8 Å². The summed E-state index contributed by atoms with van der Waals surface area (Å²) in [7, 11) is -3.89. The summed E-state index contributed by atoms with van der Waals surface area (Å²) in [4.78, 5) is 22.2. The summed E-state index contributed by atoms with van der Waals surface area (Å²) < 4.78 is 28.3. The van der Waals surface area contributed by atoms with E-state index in [1.54, 1.807) is 6.92 Å². The summed E-state index contributed by atoms with van der Waals surface area (Å²) in [5, 5.41) is 5.21. The molecular weight excluding hydrogens is 238 g/mol. The Balaban J connectivity index is 0.000000281. The topological polar surface area (TPSA) is 133 Å². The van der Waals surface area contributed by atoms with E-state index in [9.17, 15) is 18.0 Å². The zero-order valence-corrected chi connectivity index (χ0v) is 9.41. The Morgan fingerprint density at radius 3 is 2.25 bits per heavy atom. The molecule has 0 saturated carbocycles. The Labute approximate surface area is 90.8 Å². The van der Waals surface area contributed by atoms with E-state index in [0.29, 0.717) is 0 Å². The molecule has 1 aromatic heterocycles. The van der Waals surface area contributed by atoms with E-state index in [0.717, 1.165) is 6.20 Å². The predicted octanol–water partition coefficient (Wildman–Crippen LogP) is -0.744. The minimum Gasteiger partial charge on any atom is -0.282 e. The number of aromatic amines is 2. The molecule has 0 radical (unpaired) electrons. The van der Waals surface area contributed by atoms with Crippen molar-refractivity contribution in [2.24, 2.45) is 0 Å². The second-order valence-corrected chi connectivity index (χ2v) is 4.16. The lowest BCUT2D eigenvalue weighted by Crippen LogP contribution is -2.21. The van der Waals surface area contributed by atoms with Gasteiger partial charge >= 0.3 is 5.69 Å². The van der Waals surface area contributed by atoms with Gasteiger partial charge < -0.3 is 0 Å². The van der Waals surface area contributed by atoms with E-state index >= 15 is 0 Å². The standard InChI is InChI=1S/C4H8O3S.C3H3N3O2/c1-3-4(2)8(5,6)7;7-2-1-4-6-3(8)5-2/h3H,1-2H3,(H,5,6,7);1H,(H2,5,6,7,8). The highest BCUT2D eigenvalue weighted by Crippen LogP contribution is 1.99. The van der Waals surface area contributed by atoms with E-state index in [4.69, 9.17) is 4.55 Å². The van der Waals surface area contributed by atoms with Crippen LogP contribution in [-0.4, -0.2) is 28.2 Å². The summed E-state index contributed by atoms with van der Waals surface area (Å²) >= 11 is 0. The molecule has 1 aromatic rings. The van der Waals surface area contributed by atoms with Crippen LogP contribution in [0.25, 0.3) is 0 Å². The predicted molar refractivity (Wildman–Crippen MR) is 56.5 cm³/mol. The first kappa shape index (κ1) is 14.3. The van der Waals surface area contributed by atoms with E-state index in [1.807, 2.05) is 10.1 Å². The van der Waals surface area contributed by atoms with E-state index in [2.05, 4.69) is 5.10 Å². The van der Waals surface area contributed by atoms with Crippen LogP contribution in [0.2, 0.25) is 0 Å². The Morgan fingerprint density at radius 2 is 2.06 bits per heavy atom. The normalized spacial score (nSPS) is 11.6. The first-order valence-electron chi connectivity index (χ1n) is 4.01. The fourth-order valence-electron chi connectivity index (χ4n) is 0.471. The van der Waals surface area contributed by atoms with E-state index in [-0.39, 0.29) is 4.91 Å². The molecule has 0 spiro atoms. The number of H-pyrrole nitrogens is 2. The van der Waals surface area contributed by atoms with Crippen molar-refractivity contribution in [1.82, 2.24) is 15.2 Å². The van der Waals surface area contributed by atoms with Gasteiger partial charge in [0.25, 0.3) is 15.7 Å². The fraction of sp³-hybridized carbons (Fsp3) is 0.286. The smallest absolute Gasteiger partial charge is 0.282 e. The highest BCUT2D eigenvalue weighted by atomic mass is 32.2. The molecule has 0 aromatic carbocycles. The quantitative estimate of drug-likeness (QED) is 0.561. The summed E-state index contributed by atoms with van der Waals surface area (Å²) in [5.41, 5.74) is -1.08. The zero-order valence-electron chi connectivity index (χ0n) is 8.59. The van der Waals surface area contributed by atoms with Crippen LogP contribution >= 0.6 is 0 Å². The Bertz CT molecular complexity index is 543. The molecule has 1 rings (SSSR count). The number of rotatable bonds is 1. The first-order valence-corrected chi connectivity index (χ1v) is 5.45. The lowest BCUT2D eigenvalue weighted by Gasteiger charge is -1.89. The number of hydrogen-bond donors (Lipinski definition) is 3. The number of aromatic nitrogens is 3. The Morgan fingerprint density at radius 1 is 1.50 bits per heavy atom. The van der Waals surface area contributed by atoms with Crippen molar-refractivity contribution in [2.75, 3.05) is 0 Å². The average Bonchev–Trinajstić information content (AvgIpc) is 2.15. The number of hydrogen-bond acceptors (Lipinski definition) is 5. The van der Waals surface area contributed by atoms with Crippen LogP contribution < -0.4 is 11.2 Å². The van der Waals surface area contributed by atoms with Gasteiger partial charge in [0.15, 0.2) is 0 Å². The summed E-state index contributed by atoms with van der Waals surface area (Å²) in [6, 6.07) is 0. The van der Waals surface area contributed by atoms with Crippen LogP contribution in [0.4, 0.5) is 0 Å². The minimum absolute atomic E-state index is 0.0162. The zero-order chi connectivity index (χ0) is 12.8. The van der Waals surface area contributed by atoms with Crippen LogP contribution in [0.1, 0.15) is 13.8 Å². The van der Waals surface area contributed by atoms with Crippen molar-refractivity contribution in [1.29, 1.82) is 0 Å². The van der Waals surface area contributed by atoms with E-state index in [1.165, 1.54) is 13.0 Å². The Kier molecular flexibility index (Phi) is 5.33. The molecule has 0 aliphatic heterocycles. The lowest BCUT2D eigenvalue weighted by molar-refractivity contribution is 0.491. The molecular formula is C7H11N3O5S. The maximum absolute atomic E-state index is 10.2. The van der Waals surface area contributed by atoms with Crippen LogP contribution in [0, 0.1) is 0 Å². The van der Waals surface area contributed by atoms with Gasteiger partial charge in [-0.2, -0.15) is 13.5 Å². The minimum atomic E-state index is -3.89. The number of allylic oxidation sites excluding steroid dienone is 2. The summed E-state index contributed by atoms with van der Waals surface area (Å²) in [6.45, 7) is 2.87. The first-order chi connectivity index (χ1) is 7.27. The van der Waals surface area contributed by atoms with Crippen molar-refractivity contribution < 1.29 is 13.0 Å². The molecule has 0 bridgehead atoms. The monoisotopic (exact) mass is 249 g/mol. The SMILES string of the molecule is CC=C(C)S(=O)(=O)O.O=c1cn[nH]c(=O)[nH]1. The second kappa shape index (κ2) is 5.98. The van der Waals surface area contributed by atoms with Gasteiger partial charge in [-0.1, -0.05) is 6.08 Å². The van der Waals surface area contributed by atoms with Gasteiger partial charge in [0, 0.05) is 0 Å². The molecule has 3 N–H and O–H groups in total. The number of nitrogens with zero attached hydrogens (tertiary/aromatic N) is 1. The molecule has 0 saturated heterocycles. The van der Waals surface area contributed by atoms with Gasteiger partial charge in [-0.25, -0.2) is 9.89 Å². The Hall–Kier alpha value is -1.74. The van der Waals surface area contributed by atoms with Crippen molar-refractivity contribution in [3.63, 3.8) is 0 Å². The average molecular weight is 249 g/mol. The van der Waals surface area contributed by atoms with Gasteiger partial charge in [0.1, 0.15) is 6.20 Å². The molecule has 90 valence electrons. The second-order valence-electron chi connectivity index (χ2n) is 2.56. The van der Waals surface area contributed by atoms with Crippen molar-refractivity contribution in [3.05, 3.63) is 38.0 Å². The molecule has 0 aliphatic carbocycles. The van der Waals surface area contributed by atoms with Crippen molar-refractivity contribution in [3.8, 4) is 0 Å². The molecule has 0 unspecified atom stereocenters. The molecule has 0 fully saturated rings. The van der Waals surface area contributed by atoms with Crippen LogP contribution in [-0.2, 0) is 10.1 Å².